The Morgan fingerprint density at radius 1 is 1.27 bits per heavy atom. The van der Waals surface area contributed by atoms with Crippen LogP contribution in [-0.2, 0) is 10.2 Å². The first-order valence-electron chi connectivity index (χ1n) is 8.83. The highest BCUT2D eigenvalue weighted by Crippen LogP contribution is 2.58. The Morgan fingerprint density at radius 2 is 2.08 bits per heavy atom. The summed E-state index contributed by atoms with van der Waals surface area (Å²) in [6.45, 7) is 2.25. The molecular formula is C21H18ClFN2O. The van der Waals surface area contributed by atoms with Gasteiger partial charge >= 0.3 is 0 Å². The van der Waals surface area contributed by atoms with Crippen LogP contribution in [0.25, 0.3) is 10.9 Å². The highest BCUT2D eigenvalue weighted by molar-refractivity contribution is 6.31. The SMILES string of the molecule is CC(=O)N1CC2(CC2)c2c([nH]c3ccc(Cl)cc23)C1c1cccc(F)c1. The summed E-state index contributed by atoms with van der Waals surface area (Å²) in [4.78, 5) is 17.9. The second kappa shape index (κ2) is 5.34. The van der Waals surface area contributed by atoms with Crippen LogP contribution >= 0.6 is 11.6 Å². The van der Waals surface area contributed by atoms with Crippen molar-refractivity contribution < 1.29 is 9.18 Å². The molecule has 3 nitrogen and oxygen atoms in total. The molecule has 1 N–H and O–H groups in total. The zero-order valence-electron chi connectivity index (χ0n) is 14.4. The number of hydrogen-bond donors (Lipinski definition) is 1. The van der Waals surface area contributed by atoms with Gasteiger partial charge < -0.3 is 9.88 Å². The van der Waals surface area contributed by atoms with E-state index in [4.69, 9.17) is 11.6 Å². The maximum Gasteiger partial charge on any atom is 0.220 e. The van der Waals surface area contributed by atoms with Crippen LogP contribution in [0.4, 0.5) is 4.39 Å². The smallest absolute Gasteiger partial charge is 0.220 e. The highest BCUT2D eigenvalue weighted by atomic mass is 35.5. The molecule has 26 heavy (non-hydrogen) atoms. The fraction of sp³-hybridized carbons (Fsp3) is 0.286. The molecule has 0 bridgehead atoms. The van der Waals surface area contributed by atoms with Crippen molar-refractivity contribution in [2.24, 2.45) is 0 Å². The van der Waals surface area contributed by atoms with Crippen LogP contribution in [0.15, 0.2) is 42.5 Å². The third kappa shape index (κ3) is 2.21. The van der Waals surface area contributed by atoms with E-state index in [-0.39, 0.29) is 23.2 Å². The van der Waals surface area contributed by atoms with Gasteiger partial charge in [-0.15, -0.1) is 0 Å². The van der Waals surface area contributed by atoms with Crippen molar-refractivity contribution in [2.45, 2.75) is 31.2 Å². The van der Waals surface area contributed by atoms with Crippen LogP contribution < -0.4 is 0 Å². The summed E-state index contributed by atoms with van der Waals surface area (Å²) in [7, 11) is 0. The van der Waals surface area contributed by atoms with E-state index in [9.17, 15) is 9.18 Å². The highest BCUT2D eigenvalue weighted by Gasteiger charge is 2.54. The summed E-state index contributed by atoms with van der Waals surface area (Å²) in [5.74, 6) is -0.286. The predicted molar refractivity (Wildman–Crippen MR) is 99.9 cm³/mol. The van der Waals surface area contributed by atoms with Crippen LogP contribution in [0.5, 0.6) is 0 Å². The molecule has 2 aromatic carbocycles. The van der Waals surface area contributed by atoms with E-state index in [2.05, 4.69) is 4.98 Å². The van der Waals surface area contributed by atoms with Gasteiger partial charge in [-0.2, -0.15) is 0 Å². The maximum atomic E-state index is 13.9. The van der Waals surface area contributed by atoms with E-state index < -0.39 is 0 Å². The first kappa shape index (κ1) is 15.9. The number of aromatic amines is 1. The van der Waals surface area contributed by atoms with E-state index in [1.807, 2.05) is 29.2 Å². The molecule has 1 aliphatic heterocycles. The minimum atomic E-state index is -0.310. The summed E-state index contributed by atoms with van der Waals surface area (Å²) in [6, 6.07) is 12.1. The van der Waals surface area contributed by atoms with Crippen LogP contribution in [0, 0.1) is 5.82 Å². The van der Waals surface area contributed by atoms with Gasteiger partial charge in [0.2, 0.25) is 5.91 Å². The third-order valence-electron chi connectivity index (χ3n) is 5.80. The molecule has 0 radical (unpaired) electrons. The average molecular weight is 369 g/mol. The van der Waals surface area contributed by atoms with Crippen molar-refractivity contribution in [1.29, 1.82) is 0 Å². The van der Waals surface area contributed by atoms with Gasteiger partial charge in [0, 0.05) is 40.5 Å². The van der Waals surface area contributed by atoms with E-state index >= 15 is 0 Å². The lowest BCUT2D eigenvalue weighted by molar-refractivity contribution is -0.131. The molecule has 132 valence electrons. The lowest BCUT2D eigenvalue weighted by Crippen LogP contribution is -2.44. The second-order valence-electron chi connectivity index (χ2n) is 7.49. The lowest BCUT2D eigenvalue weighted by atomic mass is 9.83. The Balaban J connectivity index is 1.81. The first-order chi connectivity index (χ1) is 12.5. The van der Waals surface area contributed by atoms with Gasteiger partial charge in [-0.05, 0) is 54.3 Å². The van der Waals surface area contributed by atoms with E-state index in [0.717, 1.165) is 35.0 Å². The van der Waals surface area contributed by atoms with Gasteiger partial charge in [-0.25, -0.2) is 4.39 Å². The molecule has 2 heterocycles. The summed E-state index contributed by atoms with van der Waals surface area (Å²) in [5, 5.41) is 1.82. The minimum Gasteiger partial charge on any atom is -0.356 e. The fourth-order valence-corrected chi connectivity index (χ4v) is 4.66. The quantitative estimate of drug-likeness (QED) is 0.648. The monoisotopic (exact) mass is 368 g/mol. The van der Waals surface area contributed by atoms with Crippen molar-refractivity contribution in [3.63, 3.8) is 0 Å². The molecule has 1 amide bonds. The Bertz CT molecular complexity index is 1050. The number of halogens is 2. The number of hydrogen-bond acceptors (Lipinski definition) is 1. The van der Waals surface area contributed by atoms with Crippen LogP contribution in [0.2, 0.25) is 5.02 Å². The Morgan fingerprint density at radius 3 is 2.77 bits per heavy atom. The molecule has 1 fully saturated rings. The number of fused-ring (bicyclic) bond motifs is 4. The molecule has 1 unspecified atom stereocenters. The molecule has 1 spiro atoms. The molecule has 3 aromatic rings. The molecule has 0 saturated heterocycles. The van der Waals surface area contributed by atoms with Gasteiger partial charge in [-0.3, -0.25) is 4.79 Å². The maximum absolute atomic E-state index is 13.9. The third-order valence-corrected chi connectivity index (χ3v) is 6.04. The van der Waals surface area contributed by atoms with Crippen molar-refractivity contribution in [2.75, 3.05) is 6.54 Å². The van der Waals surface area contributed by atoms with Gasteiger partial charge in [0.1, 0.15) is 5.82 Å². The number of amides is 1. The molecule has 1 saturated carbocycles. The number of carbonyl (C=O) groups is 1. The normalized spacial score (nSPS) is 20.4. The number of benzene rings is 2. The molecule has 2 aliphatic rings. The molecule has 5 heteroatoms. The summed E-state index contributed by atoms with van der Waals surface area (Å²) >= 11 is 6.26. The molecular weight excluding hydrogens is 351 g/mol. The zero-order chi connectivity index (χ0) is 18.1. The molecule has 1 aromatic heterocycles. The summed E-state index contributed by atoms with van der Waals surface area (Å²) < 4.78 is 13.9. The van der Waals surface area contributed by atoms with Crippen LogP contribution in [-0.4, -0.2) is 22.3 Å². The Hall–Kier alpha value is -2.33. The molecule has 1 aliphatic carbocycles. The fourth-order valence-electron chi connectivity index (χ4n) is 4.49. The van der Waals surface area contributed by atoms with Crippen molar-refractivity contribution in [3.8, 4) is 0 Å². The molecule has 5 rings (SSSR count). The summed E-state index contributed by atoms with van der Waals surface area (Å²) in [6.07, 6.45) is 2.11. The second-order valence-corrected chi connectivity index (χ2v) is 7.92. The number of aromatic nitrogens is 1. The Kier molecular flexibility index (Phi) is 3.26. The average Bonchev–Trinajstić information content (AvgIpc) is 3.25. The van der Waals surface area contributed by atoms with Crippen molar-refractivity contribution in [3.05, 3.63) is 70.1 Å². The van der Waals surface area contributed by atoms with Crippen molar-refractivity contribution in [1.82, 2.24) is 9.88 Å². The van der Waals surface area contributed by atoms with Crippen molar-refractivity contribution >= 4 is 28.4 Å². The first-order valence-corrected chi connectivity index (χ1v) is 9.21. The lowest BCUT2D eigenvalue weighted by Gasteiger charge is -2.40. The standard InChI is InChI=1S/C21H18ClFN2O/c1-12(26)25-11-21(7-8-21)18-16-10-14(22)5-6-17(16)24-19(18)20(25)13-3-2-4-15(23)9-13/h2-6,9-10,20,24H,7-8,11H2,1H3. The van der Waals surface area contributed by atoms with E-state index in [1.165, 1.54) is 17.7 Å². The van der Waals surface area contributed by atoms with Gasteiger partial charge in [0.25, 0.3) is 0 Å². The van der Waals surface area contributed by atoms with Gasteiger partial charge in [0.05, 0.1) is 6.04 Å². The number of H-pyrrole nitrogens is 1. The topological polar surface area (TPSA) is 36.1 Å². The summed E-state index contributed by atoms with van der Waals surface area (Å²) in [5.41, 5.74) is 4.04. The number of carbonyl (C=O) groups excluding carboxylic acids is 1. The van der Waals surface area contributed by atoms with Gasteiger partial charge in [0.15, 0.2) is 0 Å². The molecule has 1 atom stereocenters. The van der Waals surface area contributed by atoms with E-state index in [1.54, 1.807) is 13.0 Å². The van der Waals surface area contributed by atoms with E-state index in [0.29, 0.717) is 11.6 Å². The zero-order valence-corrected chi connectivity index (χ0v) is 15.1. The largest absolute Gasteiger partial charge is 0.356 e. The minimum absolute atomic E-state index is 0.00619. The number of nitrogens with one attached hydrogen (secondary N) is 1. The van der Waals surface area contributed by atoms with Crippen LogP contribution in [0.3, 0.4) is 0 Å². The Labute approximate surface area is 155 Å². The van der Waals surface area contributed by atoms with Crippen LogP contribution in [0.1, 0.15) is 42.6 Å². The van der Waals surface area contributed by atoms with Gasteiger partial charge in [-0.1, -0.05) is 23.7 Å². The number of nitrogens with zero attached hydrogens (tertiary/aromatic N) is 1. The predicted octanol–water partition coefficient (Wildman–Crippen LogP) is 4.94. The number of rotatable bonds is 1.